The molecular weight excluding hydrogens is 195 g/mol. The minimum absolute atomic E-state index is 0.137. The summed E-state index contributed by atoms with van der Waals surface area (Å²) in [6.45, 7) is 0. The highest BCUT2D eigenvalue weighted by atomic mass is 19.4. The highest BCUT2D eigenvalue weighted by Crippen LogP contribution is 2.31. The van der Waals surface area contributed by atoms with E-state index < -0.39 is 6.30 Å². The van der Waals surface area contributed by atoms with E-state index in [4.69, 9.17) is 0 Å². The molecule has 0 bridgehead atoms. The Hall–Kier alpha value is -1.59. The van der Waals surface area contributed by atoms with E-state index >= 15 is 0 Å². The first-order valence-electron chi connectivity index (χ1n) is 3.91. The van der Waals surface area contributed by atoms with Crippen molar-refractivity contribution in [3.63, 3.8) is 0 Å². The Balaban J connectivity index is 2.46. The van der Waals surface area contributed by atoms with E-state index in [1.165, 1.54) is 18.5 Å². The van der Waals surface area contributed by atoms with Crippen LogP contribution < -0.4 is 4.90 Å². The van der Waals surface area contributed by atoms with E-state index in [2.05, 4.69) is 9.97 Å². The molecule has 0 saturated heterocycles. The maximum absolute atomic E-state index is 12.4. The van der Waals surface area contributed by atoms with E-state index in [0.717, 1.165) is 6.20 Å². The molecule has 0 fully saturated rings. The number of allylic oxidation sites excluding steroid dienone is 1. The molecule has 6 heteroatoms. The summed E-state index contributed by atoms with van der Waals surface area (Å²) >= 11 is 0. The van der Waals surface area contributed by atoms with E-state index in [1.54, 1.807) is 0 Å². The number of nitrogens with zero attached hydrogens (tertiary/aromatic N) is 3. The van der Waals surface area contributed by atoms with Crippen molar-refractivity contribution in [2.45, 2.75) is 12.7 Å². The van der Waals surface area contributed by atoms with Gasteiger partial charge in [-0.15, -0.1) is 13.2 Å². The predicted octanol–water partition coefficient (Wildman–Crippen LogP) is 1.87. The maximum atomic E-state index is 12.4. The Morgan fingerprint density at radius 2 is 1.93 bits per heavy atom. The number of fused-ring (bicyclic) bond motifs is 1. The van der Waals surface area contributed by atoms with Crippen LogP contribution in [0, 0.1) is 0 Å². The molecule has 0 atom stereocenters. The number of aromatic nitrogens is 2. The van der Waals surface area contributed by atoms with E-state index in [0.29, 0.717) is 12.1 Å². The Bertz CT molecular complexity index is 372. The fourth-order valence-electron chi connectivity index (χ4n) is 1.25. The van der Waals surface area contributed by atoms with Gasteiger partial charge in [0, 0.05) is 25.0 Å². The van der Waals surface area contributed by atoms with Gasteiger partial charge in [0.1, 0.15) is 0 Å². The molecule has 0 aliphatic carbocycles. The van der Waals surface area contributed by atoms with Crippen molar-refractivity contribution in [3.05, 3.63) is 30.4 Å². The number of anilines is 1. The van der Waals surface area contributed by atoms with Crippen molar-refractivity contribution in [2.75, 3.05) is 4.90 Å². The van der Waals surface area contributed by atoms with Gasteiger partial charge in [-0.25, -0.2) is 9.88 Å². The molecule has 0 unspecified atom stereocenters. The summed E-state index contributed by atoms with van der Waals surface area (Å²) in [5.41, 5.74) is 0.340. The van der Waals surface area contributed by atoms with Crippen LogP contribution in [-0.2, 0) is 6.42 Å². The highest BCUT2D eigenvalue weighted by molar-refractivity contribution is 5.50. The molecule has 0 aromatic carbocycles. The summed E-state index contributed by atoms with van der Waals surface area (Å²) in [5, 5.41) is 0. The average molecular weight is 201 g/mol. The minimum atomic E-state index is -4.44. The van der Waals surface area contributed by atoms with Crippen molar-refractivity contribution in [2.24, 2.45) is 0 Å². The fourth-order valence-corrected chi connectivity index (χ4v) is 1.25. The number of alkyl halides is 3. The van der Waals surface area contributed by atoms with Gasteiger partial charge in [0.25, 0.3) is 0 Å². The number of halogens is 3. The third kappa shape index (κ3) is 1.43. The predicted molar refractivity (Wildman–Crippen MR) is 43.4 cm³/mol. The van der Waals surface area contributed by atoms with Crippen LogP contribution in [0.2, 0.25) is 0 Å². The first-order valence-corrected chi connectivity index (χ1v) is 3.91. The molecule has 1 aromatic rings. The van der Waals surface area contributed by atoms with Crippen molar-refractivity contribution >= 4 is 5.82 Å². The van der Waals surface area contributed by atoms with Crippen molar-refractivity contribution in [3.8, 4) is 0 Å². The van der Waals surface area contributed by atoms with Crippen molar-refractivity contribution < 1.29 is 13.2 Å². The molecule has 0 saturated carbocycles. The summed E-state index contributed by atoms with van der Waals surface area (Å²) < 4.78 is 37.3. The third-order valence-electron chi connectivity index (χ3n) is 1.82. The van der Waals surface area contributed by atoms with Gasteiger partial charge in [-0.1, -0.05) is 6.08 Å². The molecule has 1 aliphatic heterocycles. The monoisotopic (exact) mass is 201 g/mol. The van der Waals surface area contributed by atoms with Crippen molar-refractivity contribution in [1.29, 1.82) is 0 Å². The highest BCUT2D eigenvalue weighted by Gasteiger charge is 2.39. The number of hydrogen-bond donors (Lipinski definition) is 0. The fraction of sp³-hybridized carbons (Fsp3) is 0.250. The smallest absolute Gasteiger partial charge is 0.255 e. The molecule has 3 nitrogen and oxygen atoms in total. The number of rotatable bonds is 0. The molecule has 0 radical (unpaired) electrons. The van der Waals surface area contributed by atoms with Gasteiger partial charge in [0.05, 0.1) is 5.69 Å². The van der Waals surface area contributed by atoms with Gasteiger partial charge in [-0.05, 0) is 0 Å². The zero-order valence-electron chi connectivity index (χ0n) is 6.99. The summed E-state index contributed by atoms with van der Waals surface area (Å²) in [5.74, 6) is -0.137. The normalized spacial score (nSPS) is 15.5. The van der Waals surface area contributed by atoms with E-state index in [-0.39, 0.29) is 10.7 Å². The van der Waals surface area contributed by atoms with Gasteiger partial charge in [0.15, 0.2) is 5.82 Å². The van der Waals surface area contributed by atoms with E-state index in [9.17, 15) is 13.2 Å². The lowest BCUT2D eigenvalue weighted by Crippen LogP contribution is -2.36. The Kier molecular flexibility index (Phi) is 1.90. The molecule has 14 heavy (non-hydrogen) atoms. The van der Waals surface area contributed by atoms with Gasteiger partial charge < -0.3 is 0 Å². The molecular formula is C8H6F3N3. The van der Waals surface area contributed by atoms with Crippen LogP contribution in [0.15, 0.2) is 24.7 Å². The van der Waals surface area contributed by atoms with Gasteiger partial charge in [0.2, 0.25) is 0 Å². The second kappa shape index (κ2) is 2.97. The summed E-state index contributed by atoms with van der Waals surface area (Å²) in [6, 6.07) is 0. The van der Waals surface area contributed by atoms with Crippen LogP contribution in [0.3, 0.4) is 0 Å². The summed E-state index contributed by atoms with van der Waals surface area (Å²) in [6.07, 6.45) is 0.947. The van der Waals surface area contributed by atoms with Crippen LogP contribution in [0.25, 0.3) is 0 Å². The second-order valence-electron chi connectivity index (χ2n) is 2.75. The quantitative estimate of drug-likeness (QED) is 0.600. The Morgan fingerprint density at radius 3 is 2.64 bits per heavy atom. The van der Waals surface area contributed by atoms with Gasteiger partial charge >= 0.3 is 6.30 Å². The second-order valence-corrected chi connectivity index (χ2v) is 2.75. The maximum Gasteiger partial charge on any atom is 0.490 e. The Morgan fingerprint density at radius 1 is 1.21 bits per heavy atom. The van der Waals surface area contributed by atoms with Crippen LogP contribution in [0.4, 0.5) is 19.0 Å². The molecule has 1 aromatic heterocycles. The molecule has 2 rings (SSSR count). The average Bonchev–Trinajstić information content (AvgIpc) is 2.15. The van der Waals surface area contributed by atoms with E-state index in [1.807, 2.05) is 0 Å². The van der Waals surface area contributed by atoms with Crippen molar-refractivity contribution in [1.82, 2.24) is 9.97 Å². The van der Waals surface area contributed by atoms with Crippen LogP contribution in [-0.4, -0.2) is 16.3 Å². The third-order valence-corrected chi connectivity index (χ3v) is 1.82. The lowest BCUT2D eigenvalue weighted by Gasteiger charge is -2.25. The van der Waals surface area contributed by atoms with Crippen LogP contribution in [0.1, 0.15) is 5.69 Å². The lowest BCUT2D eigenvalue weighted by molar-refractivity contribution is -0.122. The first kappa shape index (κ1) is 8.98. The molecule has 0 N–H and O–H groups in total. The number of hydrogen-bond acceptors (Lipinski definition) is 3. The molecule has 2 heterocycles. The zero-order valence-corrected chi connectivity index (χ0v) is 6.99. The summed E-state index contributed by atoms with van der Waals surface area (Å²) in [7, 11) is 0. The van der Waals surface area contributed by atoms with Gasteiger partial charge in [-0.2, -0.15) is 0 Å². The molecule has 74 valence electrons. The first-order chi connectivity index (χ1) is 6.59. The summed E-state index contributed by atoms with van der Waals surface area (Å²) in [4.78, 5) is 7.65. The Labute approximate surface area is 77.9 Å². The topological polar surface area (TPSA) is 29.0 Å². The zero-order chi connectivity index (χ0) is 10.2. The standard InChI is InChI=1S/C8H6F3N3/c9-8(10,11)14-5-1-2-6-7(14)13-4-3-12-6/h1,3-5H,2H2. The van der Waals surface area contributed by atoms with Crippen LogP contribution in [0.5, 0.6) is 0 Å². The molecule has 0 amide bonds. The largest absolute Gasteiger partial charge is 0.490 e. The van der Waals surface area contributed by atoms with Crippen LogP contribution >= 0.6 is 0 Å². The molecule has 0 spiro atoms. The van der Waals surface area contributed by atoms with Gasteiger partial charge in [-0.3, -0.25) is 4.98 Å². The minimum Gasteiger partial charge on any atom is -0.255 e. The lowest BCUT2D eigenvalue weighted by atomic mass is 10.2. The molecule has 1 aliphatic rings. The SMILES string of the molecule is FC(F)(F)N1C=CCc2nccnc21.